The molecule has 5 amide bonds. The molecule has 0 radical (unpaired) electrons. The molecular formula is C99H89BrF9N21O5S4. The molecule has 1 unspecified atom stereocenters. The Bertz CT molecular complexity index is 6860. The number of thiophene rings is 4. The number of carbonyl (C=O) groups is 5. The molecule has 5 aromatic carbocycles. The maximum absolute atomic E-state index is 14.2. The van der Waals surface area contributed by atoms with Gasteiger partial charge < -0.3 is 28.7 Å². The fraction of sp³-hybridized carbons (Fsp3) is 0.293. The summed E-state index contributed by atoms with van der Waals surface area (Å²) in [6.07, 6.45) is -1.24. The quantitative estimate of drug-likeness (QED) is 0.0529. The van der Waals surface area contributed by atoms with Crippen molar-refractivity contribution in [2.24, 2.45) is 53.6 Å². The van der Waals surface area contributed by atoms with Crippen molar-refractivity contribution in [3.8, 4) is 46.0 Å². The van der Waals surface area contributed by atoms with Gasteiger partial charge in [-0.3, -0.25) is 53.5 Å². The van der Waals surface area contributed by atoms with Crippen molar-refractivity contribution in [1.29, 1.82) is 21.0 Å². The van der Waals surface area contributed by atoms with Crippen molar-refractivity contribution in [3.63, 3.8) is 0 Å². The van der Waals surface area contributed by atoms with Crippen LogP contribution in [0.15, 0.2) is 223 Å². The number of guanidine groups is 5. The summed E-state index contributed by atoms with van der Waals surface area (Å²) in [7, 11) is 7.69. The Morgan fingerprint density at radius 3 is 1.29 bits per heavy atom. The van der Waals surface area contributed by atoms with Gasteiger partial charge in [-0.2, -0.15) is 47.4 Å². The van der Waals surface area contributed by atoms with Gasteiger partial charge in [0, 0.05) is 76.8 Å². The van der Waals surface area contributed by atoms with Crippen LogP contribution < -0.4 is 28.7 Å². The van der Waals surface area contributed by atoms with Gasteiger partial charge in [-0.25, -0.2) is 43.1 Å². The zero-order valence-corrected chi connectivity index (χ0v) is 81.0. The molecule has 11 aromatic rings. The van der Waals surface area contributed by atoms with Crippen molar-refractivity contribution in [2.75, 3.05) is 35.2 Å². The van der Waals surface area contributed by atoms with E-state index in [1.54, 1.807) is 88.9 Å². The Hall–Kier alpha value is -14.3. The number of carbonyl (C=O) groups excluding carboxylic acids is 5. The van der Waals surface area contributed by atoms with Crippen LogP contribution in [0, 0.1) is 62.8 Å². The van der Waals surface area contributed by atoms with E-state index in [9.17, 15) is 74.0 Å². The first-order valence-corrected chi connectivity index (χ1v) is 47.1. The Balaban J connectivity index is 0.000000141. The van der Waals surface area contributed by atoms with E-state index in [-0.39, 0.29) is 64.5 Å². The molecule has 6 aromatic heterocycles. The number of nitriles is 4. The van der Waals surface area contributed by atoms with Crippen LogP contribution in [-0.4, -0.2) is 129 Å². The number of alkyl halides is 6. The average molecular weight is 2030 g/mol. The van der Waals surface area contributed by atoms with E-state index < -0.39 is 104 Å². The number of halogens is 10. The van der Waals surface area contributed by atoms with Crippen LogP contribution in [0.4, 0.5) is 39.5 Å². The maximum Gasteiger partial charge on any atom is 0.419 e. The van der Waals surface area contributed by atoms with Crippen molar-refractivity contribution in [1.82, 2.24) is 34.5 Å². The topological polar surface area (TPSA) is 414 Å². The number of aromatic nitrogens is 2. The second kappa shape index (κ2) is 38.9. The van der Waals surface area contributed by atoms with Crippen molar-refractivity contribution in [3.05, 3.63) is 301 Å². The molecule has 26 nitrogen and oxygen atoms in total. The van der Waals surface area contributed by atoms with E-state index in [2.05, 4.69) is 77.3 Å². The first-order chi connectivity index (χ1) is 65.6. The molecule has 18 rings (SSSR count). The van der Waals surface area contributed by atoms with Gasteiger partial charge in [-0.05, 0) is 236 Å². The Morgan fingerprint density at radius 2 is 0.885 bits per heavy atom. The lowest BCUT2D eigenvalue weighted by Gasteiger charge is -2.40. The number of nitrogens with two attached hydrogens (primary N) is 5. The SMILES string of the molecule is CN1C(=O)C(c2ccc(C3(C#N)CCC3)cc2)[C@@](C)(c2ccc(-c3cccc(C#N)c3)s2)N=C1N.CN1C(=O)C[C@@](C)(c2ccnc(Br)c2)N=C1N.CN1C(=O)[C@@H](c2ccc(C(F)(F)F)c(F)c2)[C@@](C)(c2ccc(C#N)s2)N=C1N.CN1C(=O)[C@@H](c2ccc(C3CC3)cc2)[C@@](C)(c2cc(-c3ccc(F)cn3)cs2)N=C1N.CN1C(=O)[C@H](c2ccc(C(F)(F)F)c(F)c2)[C@@](C)(c2ccc(C#N)s2)N=C1N. The molecule has 2 saturated carbocycles. The van der Waals surface area contributed by atoms with E-state index in [1.165, 1.54) is 70.8 Å². The molecule has 5 aliphatic heterocycles. The van der Waals surface area contributed by atoms with Crippen LogP contribution in [0.1, 0.15) is 188 Å². The number of benzene rings is 5. The fourth-order valence-corrected chi connectivity index (χ4v) is 21.9. The Labute approximate surface area is 817 Å². The summed E-state index contributed by atoms with van der Waals surface area (Å²) in [4.78, 5) is 107. The summed E-state index contributed by atoms with van der Waals surface area (Å²) in [5, 5.41) is 39.1. The van der Waals surface area contributed by atoms with E-state index in [0.717, 1.165) is 116 Å². The Morgan fingerprint density at radius 1 is 0.446 bits per heavy atom. The highest BCUT2D eigenvalue weighted by atomic mass is 79.9. The molecule has 0 saturated heterocycles. The number of hydrogen-bond acceptors (Lipinski definition) is 25. The molecular weight excluding hydrogens is 1940 g/mol. The van der Waals surface area contributed by atoms with Crippen molar-refractivity contribution in [2.45, 2.75) is 148 Å². The number of hydrogen-bond donors (Lipinski definition) is 5. The molecule has 0 bridgehead atoms. The molecule has 40 heteroatoms. The third-order valence-corrected chi connectivity index (χ3v) is 31.4. The van der Waals surface area contributed by atoms with Crippen LogP contribution in [0.3, 0.4) is 0 Å². The third-order valence-electron chi connectivity index (χ3n) is 26.0. The van der Waals surface area contributed by atoms with Crippen LogP contribution in [0.2, 0.25) is 0 Å². The highest BCUT2D eigenvalue weighted by molar-refractivity contribution is 9.10. The lowest BCUT2D eigenvalue weighted by atomic mass is 9.65. The van der Waals surface area contributed by atoms with Gasteiger partial charge in [0.05, 0.1) is 81.8 Å². The van der Waals surface area contributed by atoms with Gasteiger partial charge in [0.2, 0.25) is 29.5 Å². The van der Waals surface area contributed by atoms with E-state index >= 15 is 0 Å². The predicted molar refractivity (Wildman–Crippen MR) is 515 cm³/mol. The molecule has 2 fully saturated rings. The second-order valence-electron chi connectivity index (χ2n) is 35.1. The lowest BCUT2D eigenvalue weighted by molar-refractivity contribution is -0.140. The zero-order chi connectivity index (χ0) is 101. The van der Waals surface area contributed by atoms with E-state index in [0.29, 0.717) is 67.4 Å². The molecule has 10 N–H and O–H groups in total. The van der Waals surface area contributed by atoms with Gasteiger partial charge in [0.15, 0.2) is 29.8 Å². The van der Waals surface area contributed by atoms with Crippen molar-refractivity contribution >= 4 is 121 Å². The minimum absolute atomic E-state index is 0.0343. The molecule has 139 heavy (non-hydrogen) atoms. The van der Waals surface area contributed by atoms with Gasteiger partial charge in [0.1, 0.15) is 66.1 Å². The lowest BCUT2D eigenvalue weighted by Crippen LogP contribution is -2.52. The molecule has 11 heterocycles. The van der Waals surface area contributed by atoms with Crippen molar-refractivity contribution < 1.29 is 63.5 Å². The van der Waals surface area contributed by atoms with Crippen LogP contribution in [0.5, 0.6) is 0 Å². The summed E-state index contributed by atoms with van der Waals surface area (Å²) in [6, 6.07) is 56.1. The minimum atomic E-state index is -4.85. The van der Waals surface area contributed by atoms with E-state index in [4.69, 9.17) is 49.2 Å². The number of rotatable bonds is 13. The highest BCUT2D eigenvalue weighted by Crippen LogP contribution is 2.54. The van der Waals surface area contributed by atoms with Crippen LogP contribution >= 0.6 is 61.3 Å². The molecule has 2 aliphatic carbocycles. The highest BCUT2D eigenvalue weighted by Gasteiger charge is 2.54. The Kier molecular flexibility index (Phi) is 28.2. The summed E-state index contributed by atoms with van der Waals surface area (Å²) in [5.41, 5.74) is 29.7. The minimum Gasteiger partial charge on any atom is -0.369 e. The van der Waals surface area contributed by atoms with E-state index in [1.807, 2.05) is 111 Å². The first-order valence-electron chi connectivity index (χ1n) is 43.0. The molecule has 0 spiro atoms. The summed E-state index contributed by atoms with van der Waals surface area (Å²) >= 11 is 8.54. The molecule has 714 valence electrons. The van der Waals surface area contributed by atoms with Crippen LogP contribution in [-0.2, 0) is 69.4 Å². The smallest absolute Gasteiger partial charge is 0.369 e. The number of amides is 5. The first kappa shape index (κ1) is 101. The number of nitrogens with zero attached hydrogens (tertiary/aromatic N) is 16. The third kappa shape index (κ3) is 19.9. The summed E-state index contributed by atoms with van der Waals surface area (Å²) in [6.45, 7) is 8.97. The van der Waals surface area contributed by atoms with Gasteiger partial charge in [0.25, 0.3) is 0 Å². The summed E-state index contributed by atoms with van der Waals surface area (Å²) < 4.78 is 120. The predicted octanol–water partition coefficient (Wildman–Crippen LogP) is 18.0. The fourth-order valence-electron chi connectivity index (χ4n) is 17.5. The zero-order valence-electron chi connectivity index (χ0n) is 76.1. The molecule has 7 aliphatic rings. The number of likely N-dealkylation sites (N-methyl/N-ethyl adjacent to an activating group) is 4. The number of aliphatic imine (C=N–C) groups is 5. The monoisotopic (exact) mass is 2030 g/mol. The largest absolute Gasteiger partial charge is 0.419 e. The second-order valence-corrected chi connectivity index (χ2v) is 40.1. The van der Waals surface area contributed by atoms with Gasteiger partial charge >= 0.3 is 12.4 Å². The van der Waals surface area contributed by atoms with Crippen LogP contribution in [0.25, 0.3) is 21.7 Å². The normalized spacial score (nSPS) is 23.3. The average Bonchev–Trinajstić information content (AvgIpc) is 1.73. The number of pyridine rings is 2. The van der Waals surface area contributed by atoms with Gasteiger partial charge in [-0.1, -0.05) is 72.8 Å². The molecule has 9 atom stereocenters. The standard InChI is InChI=1S/C28H25N5OS.C24H23FN4OS.2C18H14F4N4OS.C11H13BrN4O/c1-27(23-12-11-22(35-23)20-6-3-5-18(15-20)16-29)24(25(34)33(2)26(31)32-27)19-7-9-21(10-8-19)28(17-30)13-4-14-28;1-24(20-11-17(13-31-20)19-10-9-18(25)12-27-19)21(22(30)29(2)23(26)28-24)16-7-5-15(6-8-16)14-3-4-14;2*1-17(13-6-4-10(8-23)28-13)14(15(27)26(2)16(24)25-17)9-3-5-11(12(19)7-9)18(20,21)22;1-11(7-3-4-14-8(12)5-7)6-9(17)16(2)10(13)15-11/h3,5-12,15,24H,4,13-14H2,1-2H3,(H2,31,32);5-14,21H,3-4H2,1-2H3,(H2,26,28);2*3-7,14H,1-2H3,(H2,24,25);3-5H,6H2,1-2H3,(H2,13,15)/t24?,27-;21-,24-;14-,17+;14-,17-;11-/m11010/s1. The summed E-state index contributed by atoms with van der Waals surface area (Å²) in [5.74, 6) is -6.81. The van der Waals surface area contributed by atoms with Gasteiger partial charge in [-0.15, -0.1) is 45.3 Å². The maximum atomic E-state index is 14.2.